The van der Waals surface area contributed by atoms with E-state index in [1.165, 1.54) is 38.5 Å². The molecule has 1 saturated heterocycles. The predicted molar refractivity (Wildman–Crippen MR) is 99.2 cm³/mol. The lowest BCUT2D eigenvalue weighted by Crippen LogP contribution is -2.59. The third-order valence-electron chi connectivity index (χ3n) is 4.75. The quantitative estimate of drug-likeness (QED) is 0.251. The van der Waals surface area contributed by atoms with Gasteiger partial charge in [0, 0.05) is 6.61 Å². The van der Waals surface area contributed by atoms with Crippen molar-refractivity contribution in [1.82, 2.24) is 0 Å². The van der Waals surface area contributed by atoms with Crippen molar-refractivity contribution in [3.8, 4) is 0 Å². The van der Waals surface area contributed by atoms with Crippen LogP contribution in [-0.4, -0.2) is 88.8 Å². The first-order valence-electron chi connectivity index (χ1n) is 10.2. The molecule has 8 heteroatoms. The van der Waals surface area contributed by atoms with Crippen LogP contribution in [0.5, 0.6) is 0 Å². The Labute approximate surface area is 162 Å². The molecular weight excluding hydrogens is 356 g/mol. The molecule has 0 aliphatic carbocycles. The van der Waals surface area contributed by atoms with Crippen LogP contribution in [0, 0.1) is 0 Å². The Morgan fingerprint density at radius 3 is 2.11 bits per heavy atom. The maximum absolute atomic E-state index is 9.88. The Bertz CT molecular complexity index is 355. The lowest BCUT2D eigenvalue weighted by Gasteiger charge is -2.39. The molecule has 1 unspecified atom stereocenters. The summed E-state index contributed by atoms with van der Waals surface area (Å²) in [7, 11) is 0. The van der Waals surface area contributed by atoms with E-state index < -0.39 is 43.4 Å². The number of rotatable bonds is 15. The Morgan fingerprint density at radius 1 is 0.852 bits per heavy atom. The Kier molecular flexibility index (Phi) is 13.4. The van der Waals surface area contributed by atoms with Gasteiger partial charge in [-0.25, -0.2) is 0 Å². The second-order valence-corrected chi connectivity index (χ2v) is 7.23. The minimum atomic E-state index is -1.49. The fourth-order valence-electron chi connectivity index (χ4n) is 3.02. The van der Waals surface area contributed by atoms with Gasteiger partial charge in [-0.3, -0.25) is 0 Å². The van der Waals surface area contributed by atoms with Gasteiger partial charge in [-0.15, -0.1) is 0 Å². The summed E-state index contributed by atoms with van der Waals surface area (Å²) < 4.78 is 15.9. The van der Waals surface area contributed by atoms with Gasteiger partial charge in [0.2, 0.25) is 0 Å². The molecule has 1 heterocycles. The molecule has 0 saturated carbocycles. The van der Waals surface area contributed by atoms with E-state index in [1.54, 1.807) is 0 Å². The average molecular weight is 395 g/mol. The van der Waals surface area contributed by atoms with Gasteiger partial charge in [-0.1, -0.05) is 51.9 Å². The summed E-state index contributed by atoms with van der Waals surface area (Å²) in [5.74, 6) is 0. The van der Waals surface area contributed by atoms with Crippen LogP contribution < -0.4 is 0 Å². The minimum Gasteiger partial charge on any atom is -0.394 e. The van der Waals surface area contributed by atoms with Crippen LogP contribution in [0.25, 0.3) is 0 Å². The van der Waals surface area contributed by atoms with Crippen LogP contribution in [0.3, 0.4) is 0 Å². The zero-order valence-corrected chi connectivity index (χ0v) is 16.4. The van der Waals surface area contributed by atoms with E-state index in [1.807, 2.05) is 0 Å². The molecule has 8 nitrogen and oxygen atoms in total. The largest absolute Gasteiger partial charge is 0.394 e. The number of hydrogen-bond donors (Lipinski definition) is 5. The van der Waals surface area contributed by atoms with Gasteiger partial charge in [-0.2, -0.15) is 0 Å². The van der Waals surface area contributed by atoms with Crippen LogP contribution in [-0.2, 0) is 14.2 Å². The molecule has 5 N–H and O–H groups in total. The van der Waals surface area contributed by atoms with Crippen molar-refractivity contribution in [1.29, 1.82) is 0 Å². The maximum Gasteiger partial charge on any atom is 0.186 e. The van der Waals surface area contributed by atoms with Gasteiger partial charge in [0.25, 0.3) is 0 Å². The summed E-state index contributed by atoms with van der Waals surface area (Å²) >= 11 is 0. The van der Waals surface area contributed by atoms with Crippen LogP contribution in [0.1, 0.15) is 58.3 Å². The molecule has 1 fully saturated rings. The second kappa shape index (κ2) is 14.6. The highest BCUT2D eigenvalue weighted by molar-refractivity contribution is 4.88. The molecule has 162 valence electrons. The van der Waals surface area contributed by atoms with Gasteiger partial charge < -0.3 is 39.7 Å². The summed E-state index contributed by atoms with van der Waals surface area (Å²) in [6, 6.07) is 0. The summed E-state index contributed by atoms with van der Waals surface area (Å²) in [4.78, 5) is 0. The number of ether oxygens (including phenoxy) is 3. The van der Waals surface area contributed by atoms with E-state index in [4.69, 9.17) is 19.3 Å². The Hall–Kier alpha value is -0.320. The molecule has 1 rings (SSSR count). The van der Waals surface area contributed by atoms with E-state index in [2.05, 4.69) is 6.92 Å². The molecule has 0 bridgehead atoms. The van der Waals surface area contributed by atoms with Gasteiger partial charge in [0.1, 0.15) is 30.5 Å². The maximum atomic E-state index is 9.88. The molecular formula is C19H38O8. The predicted octanol–water partition coefficient (Wildman–Crippen LogP) is 0.321. The van der Waals surface area contributed by atoms with E-state index in [0.717, 1.165) is 12.8 Å². The highest BCUT2D eigenvalue weighted by Gasteiger charge is 2.44. The first-order valence-corrected chi connectivity index (χ1v) is 10.2. The number of unbranched alkanes of at least 4 members (excludes halogenated alkanes) is 7. The summed E-state index contributed by atoms with van der Waals surface area (Å²) in [6.45, 7) is 2.22. The van der Waals surface area contributed by atoms with Crippen LogP contribution >= 0.6 is 0 Å². The van der Waals surface area contributed by atoms with Crippen LogP contribution in [0.4, 0.5) is 0 Å². The molecule has 6 atom stereocenters. The molecule has 0 amide bonds. The zero-order valence-electron chi connectivity index (χ0n) is 16.4. The SMILES string of the molecule is CCCCCCCCCCOCC(O)CO[C@@H]1O[C@H](CO)[C@H](O)[C@H](O)[C@H]1O. The van der Waals surface area contributed by atoms with Crippen molar-refractivity contribution in [3.63, 3.8) is 0 Å². The van der Waals surface area contributed by atoms with Crippen molar-refractivity contribution in [3.05, 3.63) is 0 Å². The number of aliphatic hydroxyl groups is 5. The fraction of sp³-hybridized carbons (Fsp3) is 1.00. The Balaban J connectivity index is 2.06. The van der Waals surface area contributed by atoms with Crippen molar-refractivity contribution in [2.24, 2.45) is 0 Å². The van der Waals surface area contributed by atoms with E-state index in [9.17, 15) is 20.4 Å². The first kappa shape index (κ1) is 24.7. The van der Waals surface area contributed by atoms with Crippen molar-refractivity contribution in [2.75, 3.05) is 26.4 Å². The standard InChI is InChI=1S/C19H38O8/c1-2-3-4-5-6-7-8-9-10-25-12-14(21)13-26-19-18(24)17(23)16(22)15(11-20)27-19/h14-24H,2-13H2,1H3/t14?,15-,16+,17+,18-,19-/m1/s1. The van der Waals surface area contributed by atoms with Gasteiger partial charge >= 0.3 is 0 Å². The minimum absolute atomic E-state index is 0.105. The third kappa shape index (κ3) is 9.62. The van der Waals surface area contributed by atoms with E-state index in [0.29, 0.717) is 6.61 Å². The lowest BCUT2D eigenvalue weighted by molar-refractivity contribution is -0.305. The zero-order chi connectivity index (χ0) is 20.1. The highest BCUT2D eigenvalue weighted by Crippen LogP contribution is 2.22. The third-order valence-corrected chi connectivity index (χ3v) is 4.75. The fourth-order valence-corrected chi connectivity index (χ4v) is 3.02. The highest BCUT2D eigenvalue weighted by atomic mass is 16.7. The molecule has 0 aromatic heterocycles. The van der Waals surface area contributed by atoms with Crippen molar-refractivity contribution < 1.29 is 39.7 Å². The summed E-state index contributed by atoms with van der Waals surface area (Å²) in [5, 5.41) is 48.2. The van der Waals surface area contributed by atoms with Gasteiger partial charge in [0.15, 0.2) is 6.29 Å². The second-order valence-electron chi connectivity index (χ2n) is 7.23. The molecule has 1 aliphatic rings. The van der Waals surface area contributed by atoms with Crippen LogP contribution in [0.15, 0.2) is 0 Å². The van der Waals surface area contributed by atoms with Gasteiger partial charge in [-0.05, 0) is 6.42 Å². The smallest absolute Gasteiger partial charge is 0.186 e. The molecule has 1 aliphatic heterocycles. The molecule has 27 heavy (non-hydrogen) atoms. The summed E-state index contributed by atoms with van der Waals surface area (Å²) in [5.41, 5.74) is 0. The number of hydrogen-bond acceptors (Lipinski definition) is 8. The van der Waals surface area contributed by atoms with E-state index >= 15 is 0 Å². The normalized spacial score (nSPS) is 29.8. The topological polar surface area (TPSA) is 129 Å². The van der Waals surface area contributed by atoms with Gasteiger partial charge in [0.05, 0.1) is 19.8 Å². The Morgan fingerprint density at radius 2 is 1.48 bits per heavy atom. The first-order chi connectivity index (χ1) is 13.0. The van der Waals surface area contributed by atoms with E-state index in [-0.39, 0.29) is 13.2 Å². The monoisotopic (exact) mass is 394 g/mol. The lowest BCUT2D eigenvalue weighted by atomic mass is 9.99. The van der Waals surface area contributed by atoms with Crippen molar-refractivity contribution in [2.45, 2.75) is 95.1 Å². The molecule has 0 spiro atoms. The van der Waals surface area contributed by atoms with Crippen LogP contribution in [0.2, 0.25) is 0 Å². The molecule has 0 radical (unpaired) electrons. The number of aliphatic hydroxyl groups excluding tert-OH is 5. The van der Waals surface area contributed by atoms with Crippen molar-refractivity contribution >= 4 is 0 Å². The average Bonchev–Trinajstić information content (AvgIpc) is 2.67. The summed E-state index contributed by atoms with van der Waals surface area (Å²) in [6.07, 6.45) is 2.18. The molecule has 0 aromatic carbocycles. The molecule has 0 aromatic rings.